The lowest BCUT2D eigenvalue weighted by Gasteiger charge is -2.07. The summed E-state index contributed by atoms with van der Waals surface area (Å²) in [5.74, 6) is -3.35. The van der Waals surface area contributed by atoms with Crippen LogP contribution < -0.4 is 5.32 Å². The molecule has 2 aromatic carbocycles. The van der Waals surface area contributed by atoms with Gasteiger partial charge in [-0.25, -0.2) is 8.78 Å². The van der Waals surface area contributed by atoms with Gasteiger partial charge in [-0.3, -0.25) is 9.59 Å². The van der Waals surface area contributed by atoms with Crippen LogP contribution in [0.5, 0.6) is 0 Å². The molecule has 140 valence electrons. The molecule has 0 aliphatic carbocycles. The number of hydrogen-bond acceptors (Lipinski definition) is 4. The van der Waals surface area contributed by atoms with Gasteiger partial charge in [-0.2, -0.15) is 0 Å². The number of aryl methyl sites for hydroxylation is 2. The second kappa shape index (κ2) is 7.57. The summed E-state index contributed by atoms with van der Waals surface area (Å²) >= 11 is 0. The van der Waals surface area contributed by atoms with E-state index >= 15 is 0 Å². The molecule has 1 aromatic heterocycles. The second-order valence-electron chi connectivity index (χ2n) is 6.21. The molecule has 1 heterocycles. The van der Waals surface area contributed by atoms with E-state index in [4.69, 9.17) is 9.15 Å². The second-order valence-corrected chi connectivity index (χ2v) is 6.21. The number of hydrogen-bond donors (Lipinski definition) is 1. The molecule has 0 bridgehead atoms. The summed E-state index contributed by atoms with van der Waals surface area (Å²) in [6, 6.07) is 6.78. The van der Waals surface area contributed by atoms with Gasteiger partial charge in [-0.1, -0.05) is 0 Å². The number of benzene rings is 2. The number of amides is 1. The third kappa shape index (κ3) is 4.31. The molecule has 3 aromatic rings. The van der Waals surface area contributed by atoms with Crippen LogP contribution in [0.25, 0.3) is 11.0 Å². The van der Waals surface area contributed by atoms with Gasteiger partial charge >= 0.3 is 5.97 Å². The number of ether oxygens (including phenoxy) is 1. The van der Waals surface area contributed by atoms with Crippen molar-refractivity contribution in [3.05, 3.63) is 64.9 Å². The van der Waals surface area contributed by atoms with E-state index in [0.29, 0.717) is 11.1 Å². The van der Waals surface area contributed by atoms with Crippen molar-refractivity contribution in [2.24, 2.45) is 0 Å². The minimum atomic E-state index is -1.08. The Morgan fingerprint density at radius 3 is 2.56 bits per heavy atom. The highest BCUT2D eigenvalue weighted by molar-refractivity contribution is 5.93. The largest absolute Gasteiger partial charge is 0.464 e. The molecule has 0 aliphatic rings. The number of halogens is 2. The average Bonchev–Trinajstić information content (AvgIpc) is 2.98. The quantitative estimate of drug-likeness (QED) is 0.685. The zero-order chi connectivity index (χ0) is 19.6. The lowest BCUT2D eigenvalue weighted by Crippen LogP contribution is -2.21. The highest BCUT2D eigenvalue weighted by atomic mass is 19.2. The van der Waals surface area contributed by atoms with Gasteiger partial charge < -0.3 is 14.5 Å². The van der Waals surface area contributed by atoms with Gasteiger partial charge in [0.05, 0.1) is 12.7 Å². The summed E-state index contributed by atoms with van der Waals surface area (Å²) in [7, 11) is 0. The Morgan fingerprint density at radius 1 is 1.07 bits per heavy atom. The first-order valence-electron chi connectivity index (χ1n) is 8.21. The van der Waals surface area contributed by atoms with Crippen LogP contribution in [0.3, 0.4) is 0 Å². The van der Waals surface area contributed by atoms with Crippen molar-refractivity contribution in [2.45, 2.75) is 20.3 Å². The Hall–Kier alpha value is -3.22. The van der Waals surface area contributed by atoms with Gasteiger partial charge in [0.25, 0.3) is 5.91 Å². The summed E-state index contributed by atoms with van der Waals surface area (Å²) in [4.78, 5) is 23.8. The maximum Gasteiger partial charge on any atom is 0.310 e. The van der Waals surface area contributed by atoms with E-state index in [1.165, 1.54) is 12.3 Å². The number of fused-ring (bicyclic) bond motifs is 1. The highest BCUT2D eigenvalue weighted by Gasteiger charge is 2.14. The molecule has 0 aliphatic heterocycles. The van der Waals surface area contributed by atoms with Crippen molar-refractivity contribution in [1.82, 2.24) is 0 Å². The predicted octanol–water partition coefficient (Wildman–Crippen LogP) is 4.05. The monoisotopic (exact) mass is 373 g/mol. The Bertz CT molecular complexity index is 1030. The molecule has 3 rings (SSSR count). The fraction of sp³-hybridized carbons (Fsp3) is 0.200. The first kappa shape index (κ1) is 18.6. The van der Waals surface area contributed by atoms with E-state index in [9.17, 15) is 18.4 Å². The molecule has 1 N–H and O–H groups in total. The molecule has 0 saturated carbocycles. The Morgan fingerprint density at radius 2 is 1.81 bits per heavy atom. The van der Waals surface area contributed by atoms with Crippen LogP contribution in [0, 0.1) is 25.5 Å². The standard InChI is InChI=1S/C20H17F2NO4/c1-11-5-15-13(9-26-18(15)6-12(11)2)7-20(25)27-10-19(24)23-14-3-4-16(21)17(22)8-14/h3-6,8-9H,7,10H2,1-2H3,(H,23,24). The molecule has 0 atom stereocenters. The Kier molecular flexibility index (Phi) is 5.21. The fourth-order valence-electron chi connectivity index (χ4n) is 2.60. The van der Waals surface area contributed by atoms with Crippen LogP contribution in [0.15, 0.2) is 41.0 Å². The van der Waals surface area contributed by atoms with Crippen molar-refractivity contribution >= 4 is 28.5 Å². The number of esters is 1. The smallest absolute Gasteiger partial charge is 0.310 e. The summed E-state index contributed by atoms with van der Waals surface area (Å²) in [6.45, 7) is 3.40. The average molecular weight is 373 g/mol. The molecular formula is C20H17F2NO4. The number of rotatable bonds is 5. The van der Waals surface area contributed by atoms with Crippen molar-refractivity contribution < 1.29 is 27.5 Å². The van der Waals surface area contributed by atoms with E-state index in [0.717, 1.165) is 28.6 Å². The van der Waals surface area contributed by atoms with Crippen LogP contribution >= 0.6 is 0 Å². The molecule has 0 fully saturated rings. The minimum Gasteiger partial charge on any atom is -0.464 e. The summed E-state index contributed by atoms with van der Waals surface area (Å²) < 4.78 is 36.4. The van der Waals surface area contributed by atoms with Gasteiger partial charge in [0, 0.05) is 22.7 Å². The fourth-order valence-corrected chi connectivity index (χ4v) is 2.60. The van der Waals surface area contributed by atoms with Crippen LogP contribution in [0.4, 0.5) is 14.5 Å². The van der Waals surface area contributed by atoms with Crippen molar-refractivity contribution in [3.63, 3.8) is 0 Å². The van der Waals surface area contributed by atoms with Crippen LogP contribution in [0.2, 0.25) is 0 Å². The molecule has 0 saturated heterocycles. The van der Waals surface area contributed by atoms with Crippen molar-refractivity contribution in [3.8, 4) is 0 Å². The van der Waals surface area contributed by atoms with Crippen LogP contribution in [-0.4, -0.2) is 18.5 Å². The molecule has 27 heavy (non-hydrogen) atoms. The minimum absolute atomic E-state index is 0.0477. The van der Waals surface area contributed by atoms with Gasteiger partial charge in [0.15, 0.2) is 18.2 Å². The van der Waals surface area contributed by atoms with Gasteiger partial charge in [-0.05, 0) is 49.2 Å². The lowest BCUT2D eigenvalue weighted by atomic mass is 10.0. The van der Waals surface area contributed by atoms with Gasteiger partial charge in [0.1, 0.15) is 5.58 Å². The maximum atomic E-state index is 13.1. The number of anilines is 1. The van der Waals surface area contributed by atoms with Gasteiger partial charge in [-0.15, -0.1) is 0 Å². The molecule has 0 unspecified atom stereocenters. The van der Waals surface area contributed by atoms with E-state index < -0.39 is 30.1 Å². The van der Waals surface area contributed by atoms with E-state index in [-0.39, 0.29) is 12.1 Å². The highest BCUT2D eigenvalue weighted by Crippen LogP contribution is 2.25. The normalized spacial score (nSPS) is 10.8. The van der Waals surface area contributed by atoms with Crippen molar-refractivity contribution in [2.75, 3.05) is 11.9 Å². The third-order valence-corrected chi connectivity index (χ3v) is 4.17. The zero-order valence-electron chi connectivity index (χ0n) is 14.8. The van der Waals surface area contributed by atoms with E-state index in [1.54, 1.807) is 0 Å². The third-order valence-electron chi connectivity index (χ3n) is 4.17. The van der Waals surface area contributed by atoms with Gasteiger partial charge in [0.2, 0.25) is 0 Å². The number of carbonyl (C=O) groups excluding carboxylic acids is 2. The first-order chi connectivity index (χ1) is 12.8. The molecule has 0 spiro atoms. The molecule has 5 nitrogen and oxygen atoms in total. The summed E-state index contributed by atoms with van der Waals surface area (Å²) in [5, 5.41) is 3.15. The summed E-state index contributed by atoms with van der Waals surface area (Å²) in [6.07, 6.45) is 1.44. The number of carbonyl (C=O) groups is 2. The lowest BCUT2D eigenvalue weighted by molar-refractivity contribution is -0.146. The maximum absolute atomic E-state index is 13.1. The van der Waals surface area contributed by atoms with Crippen molar-refractivity contribution in [1.29, 1.82) is 0 Å². The van der Waals surface area contributed by atoms with Crippen LogP contribution in [0.1, 0.15) is 16.7 Å². The van der Waals surface area contributed by atoms with E-state index in [2.05, 4.69) is 5.32 Å². The summed E-state index contributed by atoms with van der Waals surface area (Å²) in [5.41, 5.74) is 3.57. The first-order valence-corrected chi connectivity index (χ1v) is 8.21. The Balaban J connectivity index is 1.57. The molecule has 7 heteroatoms. The zero-order valence-corrected chi connectivity index (χ0v) is 14.8. The predicted molar refractivity (Wildman–Crippen MR) is 95.3 cm³/mol. The topological polar surface area (TPSA) is 68.5 Å². The molecule has 1 amide bonds. The van der Waals surface area contributed by atoms with E-state index in [1.807, 2.05) is 26.0 Å². The molecular weight excluding hydrogens is 356 g/mol. The number of furan rings is 1. The SMILES string of the molecule is Cc1cc2occ(CC(=O)OCC(=O)Nc3ccc(F)c(F)c3)c2cc1C. The molecule has 0 radical (unpaired) electrons. The Labute approximate surface area is 153 Å². The number of nitrogens with one attached hydrogen (secondary N) is 1. The van der Waals surface area contributed by atoms with Crippen LogP contribution in [-0.2, 0) is 20.7 Å².